The van der Waals surface area contributed by atoms with Crippen LogP contribution in [0.1, 0.15) is 17.2 Å². The first kappa shape index (κ1) is 14.8. The quantitative estimate of drug-likeness (QED) is 0.685. The van der Waals surface area contributed by atoms with E-state index in [0.717, 1.165) is 38.5 Å². The van der Waals surface area contributed by atoms with E-state index in [4.69, 9.17) is 0 Å². The summed E-state index contributed by atoms with van der Waals surface area (Å²) in [5.41, 5.74) is 1.27. The maximum atomic E-state index is 12.6. The molecule has 0 saturated carbocycles. The first-order valence-corrected chi connectivity index (χ1v) is 8.07. The summed E-state index contributed by atoms with van der Waals surface area (Å²) in [6.07, 6.45) is -4.29. The average Bonchev–Trinajstić information content (AvgIpc) is 2.46. The Labute approximate surface area is 133 Å². The van der Waals surface area contributed by atoms with Crippen molar-refractivity contribution in [2.75, 3.05) is 11.1 Å². The van der Waals surface area contributed by atoms with Gasteiger partial charge >= 0.3 is 6.18 Å². The van der Waals surface area contributed by atoms with Crippen LogP contribution in [0.25, 0.3) is 0 Å². The molecule has 1 aliphatic heterocycles. The normalized spacial score (nSPS) is 18.0. The molecule has 0 amide bonds. The highest BCUT2D eigenvalue weighted by molar-refractivity contribution is 9.10. The molecule has 3 rings (SSSR count). The summed E-state index contributed by atoms with van der Waals surface area (Å²) in [7, 11) is 0. The zero-order valence-electron chi connectivity index (χ0n) is 10.7. The summed E-state index contributed by atoms with van der Waals surface area (Å²) < 4.78 is 38.7. The molecule has 1 atom stereocenters. The molecule has 0 radical (unpaired) electrons. The molecule has 2 aromatic rings. The highest BCUT2D eigenvalue weighted by Crippen LogP contribution is 2.40. The number of hydrogen-bond acceptors (Lipinski definition) is 2. The second-order valence-corrected chi connectivity index (χ2v) is 6.75. The van der Waals surface area contributed by atoms with Crippen molar-refractivity contribution < 1.29 is 13.2 Å². The Kier molecular flexibility index (Phi) is 3.92. The molecule has 0 unspecified atom stereocenters. The van der Waals surface area contributed by atoms with Crippen LogP contribution < -0.4 is 5.32 Å². The lowest BCUT2D eigenvalue weighted by Gasteiger charge is -2.27. The van der Waals surface area contributed by atoms with Crippen molar-refractivity contribution in [1.82, 2.24) is 0 Å². The Hall–Kier alpha value is -1.14. The summed E-state index contributed by atoms with van der Waals surface area (Å²) in [6, 6.07) is 11.3. The number of fused-ring (bicyclic) bond motifs is 1. The fourth-order valence-corrected chi connectivity index (χ4v) is 3.85. The molecule has 0 saturated heterocycles. The maximum absolute atomic E-state index is 12.6. The van der Waals surface area contributed by atoms with Crippen LogP contribution in [0.2, 0.25) is 0 Å². The second kappa shape index (κ2) is 5.57. The zero-order valence-corrected chi connectivity index (χ0v) is 13.1. The van der Waals surface area contributed by atoms with Crippen molar-refractivity contribution in [3.05, 3.63) is 58.1 Å². The maximum Gasteiger partial charge on any atom is 0.416 e. The first-order chi connectivity index (χ1) is 9.93. The van der Waals surface area contributed by atoms with Gasteiger partial charge in [-0.3, -0.25) is 0 Å². The Morgan fingerprint density at radius 2 is 1.81 bits per heavy atom. The van der Waals surface area contributed by atoms with Gasteiger partial charge in [0, 0.05) is 20.8 Å². The third-order valence-electron chi connectivity index (χ3n) is 3.32. The predicted molar refractivity (Wildman–Crippen MR) is 82.7 cm³/mol. The van der Waals surface area contributed by atoms with Gasteiger partial charge in [0.25, 0.3) is 0 Å². The lowest BCUT2D eigenvalue weighted by atomic mass is 10.1. The minimum Gasteiger partial charge on any atom is -0.376 e. The van der Waals surface area contributed by atoms with Crippen molar-refractivity contribution in [1.29, 1.82) is 0 Å². The van der Waals surface area contributed by atoms with Crippen LogP contribution in [0.5, 0.6) is 0 Å². The highest BCUT2D eigenvalue weighted by Gasteiger charge is 2.30. The van der Waals surface area contributed by atoms with E-state index in [9.17, 15) is 13.2 Å². The largest absolute Gasteiger partial charge is 0.416 e. The highest BCUT2D eigenvalue weighted by atomic mass is 79.9. The number of anilines is 1. The molecule has 0 bridgehead atoms. The summed E-state index contributed by atoms with van der Waals surface area (Å²) in [6.45, 7) is 0. The Bertz CT molecular complexity index is 655. The van der Waals surface area contributed by atoms with Gasteiger partial charge in [-0.25, -0.2) is 0 Å². The van der Waals surface area contributed by atoms with Crippen molar-refractivity contribution in [2.24, 2.45) is 0 Å². The van der Waals surface area contributed by atoms with Gasteiger partial charge in [-0.15, -0.1) is 11.8 Å². The van der Waals surface area contributed by atoms with Crippen molar-refractivity contribution in [2.45, 2.75) is 17.1 Å². The van der Waals surface area contributed by atoms with Crippen LogP contribution in [0.15, 0.2) is 51.8 Å². The Morgan fingerprint density at radius 3 is 2.48 bits per heavy atom. The van der Waals surface area contributed by atoms with Gasteiger partial charge in [0.1, 0.15) is 0 Å². The molecule has 2 aromatic carbocycles. The SMILES string of the molecule is FC(F)(F)c1ccc([C@@H]2CSc3cc(Br)ccc3N2)cc1. The van der Waals surface area contributed by atoms with E-state index in [1.165, 1.54) is 0 Å². The number of thioether (sulfide) groups is 1. The average molecular weight is 374 g/mol. The molecule has 0 aromatic heterocycles. The molecule has 1 N–H and O–H groups in total. The van der Waals surface area contributed by atoms with Crippen LogP contribution in [-0.4, -0.2) is 5.75 Å². The van der Waals surface area contributed by atoms with E-state index in [-0.39, 0.29) is 6.04 Å². The number of hydrogen-bond donors (Lipinski definition) is 1. The molecule has 1 aliphatic rings. The van der Waals surface area contributed by atoms with Crippen molar-refractivity contribution in [3.8, 4) is 0 Å². The smallest absolute Gasteiger partial charge is 0.376 e. The first-order valence-electron chi connectivity index (χ1n) is 6.29. The Balaban J connectivity index is 1.81. The number of nitrogens with one attached hydrogen (secondary N) is 1. The predicted octanol–water partition coefficient (Wildman–Crippen LogP) is 5.73. The van der Waals surface area contributed by atoms with Gasteiger partial charge < -0.3 is 5.32 Å². The van der Waals surface area contributed by atoms with E-state index in [1.54, 1.807) is 23.9 Å². The van der Waals surface area contributed by atoms with E-state index < -0.39 is 11.7 Å². The molecule has 21 heavy (non-hydrogen) atoms. The second-order valence-electron chi connectivity index (χ2n) is 4.77. The summed E-state index contributed by atoms with van der Waals surface area (Å²) in [4.78, 5) is 1.15. The van der Waals surface area contributed by atoms with E-state index in [0.29, 0.717) is 0 Å². The summed E-state index contributed by atoms with van der Waals surface area (Å²) in [5.74, 6) is 0.787. The number of rotatable bonds is 1. The van der Waals surface area contributed by atoms with Crippen molar-refractivity contribution >= 4 is 33.4 Å². The molecular weight excluding hydrogens is 363 g/mol. The molecule has 1 nitrogen and oxygen atoms in total. The fraction of sp³-hybridized carbons (Fsp3) is 0.200. The monoisotopic (exact) mass is 373 g/mol. The van der Waals surface area contributed by atoms with Crippen LogP contribution in [0, 0.1) is 0 Å². The summed E-state index contributed by atoms with van der Waals surface area (Å²) >= 11 is 5.13. The van der Waals surface area contributed by atoms with Crippen LogP contribution >= 0.6 is 27.7 Å². The number of alkyl halides is 3. The lowest BCUT2D eigenvalue weighted by Crippen LogP contribution is -2.18. The van der Waals surface area contributed by atoms with E-state index in [1.807, 2.05) is 18.2 Å². The lowest BCUT2D eigenvalue weighted by molar-refractivity contribution is -0.137. The fourth-order valence-electron chi connectivity index (χ4n) is 2.22. The van der Waals surface area contributed by atoms with E-state index >= 15 is 0 Å². The molecule has 0 aliphatic carbocycles. The molecule has 6 heteroatoms. The standard InChI is InChI=1S/C15H11BrF3NS/c16-11-5-6-12-14(7-11)21-8-13(20-12)9-1-3-10(4-2-9)15(17,18)19/h1-7,13,20H,8H2/t13-/m0/s1. The molecular formula is C15H11BrF3NS. The molecule has 0 spiro atoms. The van der Waals surface area contributed by atoms with Gasteiger partial charge in [-0.05, 0) is 35.9 Å². The van der Waals surface area contributed by atoms with Gasteiger partial charge in [0.2, 0.25) is 0 Å². The minimum atomic E-state index is -4.29. The third kappa shape index (κ3) is 3.21. The van der Waals surface area contributed by atoms with Crippen molar-refractivity contribution in [3.63, 3.8) is 0 Å². The Morgan fingerprint density at radius 1 is 1.10 bits per heavy atom. The molecule has 110 valence electrons. The molecule has 0 fully saturated rings. The van der Waals surface area contributed by atoms with Crippen LogP contribution in [-0.2, 0) is 6.18 Å². The third-order valence-corrected chi connectivity index (χ3v) is 4.96. The van der Waals surface area contributed by atoms with Crippen LogP contribution in [0.3, 0.4) is 0 Å². The minimum absolute atomic E-state index is 0.0194. The zero-order chi connectivity index (χ0) is 15.0. The van der Waals surface area contributed by atoms with Gasteiger partial charge in [-0.1, -0.05) is 28.1 Å². The van der Waals surface area contributed by atoms with Gasteiger partial charge in [0.15, 0.2) is 0 Å². The topological polar surface area (TPSA) is 12.0 Å². The van der Waals surface area contributed by atoms with E-state index in [2.05, 4.69) is 21.2 Å². The molecule has 1 heterocycles. The van der Waals surface area contributed by atoms with Crippen LogP contribution in [0.4, 0.5) is 18.9 Å². The number of benzene rings is 2. The van der Waals surface area contributed by atoms with Gasteiger partial charge in [-0.2, -0.15) is 13.2 Å². The summed E-state index contributed by atoms with van der Waals surface area (Å²) in [5, 5.41) is 3.38. The number of halogens is 4. The van der Waals surface area contributed by atoms with Gasteiger partial charge in [0.05, 0.1) is 11.6 Å².